The molecule has 1 fully saturated rings. The van der Waals surface area contributed by atoms with Gasteiger partial charge in [0.2, 0.25) is 0 Å². The summed E-state index contributed by atoms with van der Waals surface area (Å²) in [7, 11) is 0. The van der Waals surface area contributed by atoms with Crippen LogP contribution in [0.15, 0.2) is 18.3 Å². The minimum absolute atomic E-state index is 0.711. The number of hydrazine groups is 1. The van der Waals surface area contributed by atoms with Crippen LogP contribution in [0, 0.1) is 0 Å². The Bertz CT molecular complexity index is 311. The number of aromatic nitrogens is 1. The van der Waals surface area contributed by atoms with Crippen LogP contribution in [0.2, 0.25) is 0 Å². The molecule has 0 aromatic carbocycles. The summed E-state index contributed by atoms with van der Waals surface area (Å²) in [6.07, 6.45) is 5.87. The largest absolute Gasteiger partial charge is 0.345 e. The summed E-state index contributed by atoms with van der Waals surface area (Å²) >= 11 is 0. The van der Waals surface area contributed by atoms with Crippen molar-refractivity contribution in [3.8, 4) is 0 Å². The molecule has 0 saturated heterocycles. The van der Waals surface area contributed by atoms with Gasteiger partial charge in [0, 0.05) is 6.07 Å². The van der Waals surface area contributed by atoms with Crippen molar-refractivity contribution in [1.29, 1.82) is 0 Å². The monoisotopic (exact) mass is 176 g/mol. The van der Waals surface area contributed by atoms with Gasteiger partial charge in [-0.3, -0.25) is 5.84 Å². The molecule has 1 saturated carbocycles. The fraction of sp³-hybridized carbons (Fsp3) is 0.400. The lowest BCUT2D eigenvalue weighted by atomic mass is 9.81. The van der Waals surface area contributed by atoms with Crippen molar-refractivity contribution in [2.45, 2.75) is 25.2 Å². The molecule has 68 valence electrons. The van der Waals surface area contributed by atoms with Crippen molar-refractivity contribution in [3.63, 3.8) is 0 Å². The van der Waals surface area contributed by atoms with E-state index in [2.05, 4.69) is 17.8 Å². The highest BCUT2D eigenvalue weighted by Gasteiger charge is 2.21. The van der Waals surface area contributed by atoms with Crippen LogP contribution in [0.25, 0.3) is 0 Å². The number of rotatable bonds is 2. The molecule has 0 unspecified atom stereocenters. The molecule has 0 amide bonds. The first-order valence-electron chi connectivity index (χ1n) is 4.58. The Hall–Kier alpha value is -1.38. The highest BCUT2D eigenvalue weighted by molar-refractivity contribution is 5.29. The Morgan fingerprint density at radius 2 is 2.23 bits per heavy atom. The third kappa shape index (κ3) is 1.54. The normalized spacial score (nSPS) is 16.6. The summed E-state index contributed by atoms with van der Waals surface area (Å²) in [4.78, 5) is 4.22. The van der Waals surface area contributed by atoms with Crippen LogP contribution in [0.4, 0.5) is 5.82 Å². The maximum Gasteiger partial charge on any atom is 0.345 e. The molecular weight excluding hydrogens is 162 g/mol. The molecule has 2 N–H and O–H groups in total. The van der Waals surface area contributed by atoms with E-state index in [1.54, 1.807) is 0 Å². The Morgan fingerprint density at radius 3 is 2.62 bits per heavy atom. The van der Waals surface area contributed by atoms with Gasteiger partial charge < -0.3 is 0 Å². The van der Waals surface area contributed by atoms with E-state index < -0.39 is 0 Å². The molecule has 0 radical (unpaired) electrons. The predicted octanol–water partition coefficient (Wildman–Crippen LogP) is 1.57. The lowest BCUT2D eigenvalue weighted by molar-refractivity contribution is -0.447. The summed E-state index contributed by atoms with van der Waals surface area (Å²) in [6.45, 7) is 3.57. The van der Waals surface area contributed by atoms with Gasteiger partial charge in [-0.15, -0.1) is 4.68 Å². The Labute approximate surface area is 77.9 Å². The van der Waals surface area contributed by atoms with E-state index >= 15 is 0 Å². The van der Waals surface area contributed by atoms with Gasteiger partial charge in [-0.05, 0) is 35.4 Å². The Morgan fingerprint density at radius 1 is 1.46 bits per heavy atom. The summed E-state index contributed by atoms with van der Waals surface area (Å²) < 4.78 is 1.28. The van der Waals surface area contributed by atoms with E-state index in [0.29, 0.717) is 5.82 Å². The van der Waals surface area contributed by atoms with Gasteiger partial charge in [0.15, 0.2) is 0 Å². The predicted molar refractivity (Wildman–Crippen MR) is 52.1 cm³/mol. The highest BCUT2D eigenvalue weighted by atomic mass is 15.3. The molecular formula is C10H14N3+. The quantitative estimate of drug-likeness (QED) is 0.321. The number of pyridine rings is 1. The van der Waals surface area contributed by atoms with Crippen LogP contribution in [0.5, 0.6) is 0 Å². The molecule has 0 bridgehead atoms. The van der Waals surface area contributed by atoms with Crippen molar-refractivity contribution in [2.24, 2.45) is 5.84 Å². The summed E-state index contributed by atoms with van der Waals surface area (Å²) in [5.41, 5.74) is 1.33. The van der Waals surface area contributed by atoms with E-state index in [1.807, 2.05) is 12.3 Å². The Kier molecular flexibility index (Phi) is 2.00. The Balaban J connectivity index is 2.17. The maximum atomic E-state index is 5.45. The van der Waals surface area contributed by atoms with E-state index in [9.17, 15) is 0 Å². The van der Waals surface area contributed by atoms with Gasteiger partial charge in [0.05, 0.1) is 6.72 Å². The zero-order chi connectivity index (χ0) is 9.26. The van der Waals surface area contributed by atoms with Crippen molar-refractivity contribution in [1.82, 2.24) is 4.98 Å². The lowest BCUT2D eigenvalue weighted by Gasteiger charge is -2.24. The number of hydrogen-bond donors (Lipinski definition) is 1. The second kappa shape index (κ2) is 3.17. The van der Waals surface area contributed by atoms with E-state index in [-0.39, 0.29) is 0 Å². The van der Waals surface area contributed by atoms with Gasteiger partial charge in [-0.2, -0.15) is 0 Å². The van der Waals surface area contributed by atoms with Crippen LogP contribution >= 0.6 is 0 Å². The van der Waals surface area contributed by atoms with Crippen LogP contribution in [-0.2, 0) is 0 Å². The average Bonchev–Trinajstić information content (AvgIpc) is 2.02. The molecule has 3 heteroatoms. The zero-order valence-electron chi connectivity index (χ0n) is 7.61. The van der Waals surface area contributed by atoms with Crippen LogP contribution in [-0.4, -0.2) is 16.4 Å². The second-order valence-electron chi connectivity index (χ2n) is 3.55. The molecule has 0 aliphatic heterocycles. The topological polar surface area (TPSA) is 41.9 Å². The van der Waals surface area contributed by atoms with Gasteiger partial charge in [-0.1, -0.05) is 6.42 Å². The number of nitrogens with two attached hydrogens (primary N) is 1. The van der Waals surface area contributed by atoms with Gasteiger partial charge in [-0.25, -0.2) is 0 Å². The minimum atomic E-state index is 0.711. The van der Waals surface area contributed by atoms with Crippen LogP contribution in [0.1, 0.15) is 30.7 Å². The van der Waals surface area contributed by atoms with E-state index in [0.717, 1.165) is 5.92 Å². The number of hydrogen-bond acceptors (Lipinski definition) is 2. The molecule has 3 nitrogen and oxygen atoms in total. The molecule has 2 rings (SSSR count). The minimum Gasteiger partial charge on any atom is -0.269 e. The molecule has 1 aromatic heterocycles. The fourth-order valence-corrected chi connectivity index (χ4v) is 1.55. The number of hydrazone groups is 1. The molecule has 13 heavy (non-hydrogen) atoms. The second-order valence-corrected chi connectivity index (χ2v) is 3.55. The molecule has 0 spiro atoms. The zero-order valence-corrected chi connectivity index (χ0v) is 7.61. The van der Waals surface area contributed by atoms with Gasteiger partial charge in [0.25, 0.3) is 0 Å². The van der Waals surface area contributed by atoms with Crippen molar-refractivity contribution in [2.75, 3.05) is 0 Å². The summed E-state index contributed by atoms with van der Waals surface area (Å²) in [5.74, 6) is 6.89. The van der Waals surface area contributed by atoms with E-state index in [1.165, 1.54) is 29.5 Å². The summed E-state index contributed by atoms with van der Waals surface area (Å²) in [5, 5.41) is 0. The van der Waals surface area contributed by atoms with Crippen molar-refractivity contribution in [3.05, 3.63) is 23.9 Å². The van der Waals surface area contributed by atoms with Crippen molar-refractivity contribution < 1.29 is 4.68 Å². The average molecular weight is 176 g/mol. The molecule has 1 aliphatic carbocycles. The van der Waals surface area contributed by atoms with Gasteiger partial charge >= 0.3 is 5.82 Å². The first kappa shape index (κ1) is 8.23. The third-order valence-corrected chi connectivity index (χ3v) is 2.64. The lowest BCUT2D eigenvalue weighted by Crippen LogP contribution is -2.13. The van der Waals surface area contributed by atoms with E-state index in [4.69, 9.17) is 5.84 Å². The smallest absolute Gasteiger partial charge is 0.269 e. The maximum absolute atomic E-state index is 5.45. The van der Waals surface area contributed by atoms with Crippen LogP contribution in [0.3, 0.4) is 0 Å². The van der Waals surface area contributed by atoms with Crippen LogP contribution < -0.4 is 5.84 Å². The fourth-order valence-electron chi connectivity index (χ4n) is 1.55. The number of nitrogens with zero attached hydrogens (tertiary/aromatic N) is 2. The standard InChI is InChI=1S/C10H14N3/c1-13(11)10-6-5-9(7-12-10)8-3-2-4-8/h5-8H,1-4,11H2/q+1. The molecule has 0 atom stereocenters. The first-order chi connectivity index (χ1) is 6.27. The summed E-state index contributed by atoms with van der Waals surface area (Å²) in [6, 6.07) is 4.01. The highest BCUT2D eigenvalue weighted by Crippen LogP contribution is 2.35. The third-order valence-electron chi connectivity index (χ3n) is 2.64. The van der Waals surface area contributed by atoms with Crippen molar-refractivity contribution >= 4 is 12.5 Å². The molecule has 1 aliphatic rings. The SMILES string of the molecule is C=[N+](N)c1ccc(C2CCC2)cn1. The molecule has 1 heterocycles. The first-order valence-corrected chi connectivity index (χ1v) is 4.58. The van der Waals surface area contributed by atoms with Gasteiger partial charge in [0.1, 0.15) is 6.20 Å². The molecule has 1 aromatic rings.